The highest BCUT2D eigenvalue weighted by Gasteiger charge is 2.08. The van der Waals surface area contributed by atoms with Crippen LogP contribution in [-0.4, -0.2) is 0 Å². The molecule has 0 aliphatic rings. The van der Waals surface area contributed by atoms with Crippen LogP contribution in [0.3, 0.4) is 0 Å². The highest BCUT2D eigenvalue weighted by molar-refractivity contribution is 7.79. The first-order valence-electron chi connectivity index (χ1n) is 12.5. The van der Waals surface area contributed by atoms with Gasteiger partial charge >= 0.3 is 0 Å². The molecule has 1 heterocycles. The van der Waals surface area contributed by atoms with Gasteiger partial charge in [0.15, 0.2) is 0 Å². The average molecular weight is 509 g/mol. The second-order valence-electron chi connectivity index (χ2n) is 9.52. The Morgan fingerprint density at radius 3 is 1.54 bits per heavy atom. The molecule has 2 heteroatoms. The van der Waals surface area contributed by atoms with E-state index >= 15 is 0 Å². The Hall–Kier alpha value is -3.85. The highest BCUT2D eigenvalue weighted by Crippen LogP contribution is 2.37. The molecule has 1 aromatic heterocycles. The molecule has 0 saturated heterocycles. The fraction of sp³-hybridized carbons (Fsp3) is 0.0286. The van der Waals surface area contributed by atoms with Crippen LogP contribution in [0.4, 0.5) is 0 Å². The summed E-state index contributed by atoms with van der Waals surface area (Å²) in [5.41, 5.74) is 8.70. The first-order valence-corrected chi connectivity index (χ1v) is 14.0. The molecule has 0 unspecified atom stereocenters. The lowest BCUT2D eigenvalue weighted by Crippen LogP contribution is -1.84. The van der Waals surface area contributed by atoms with Gasteiger partial charge in [0.1, 0.15) is 0 Å². The van der Waals surface area contributed by atoms with Gasteiger partial charge in [0.2, 0.25) is 0 Å². The van der Waals surface area contributed by atoms with E-state index in [4.69, 9.17) is 0 Å². The van der Waals surface area contributed by atoms with Gasteiger partial charge in [-0.05, 0) is 80.0 Å². The van der Waals surface area contributed by atoms with Gasteiger partial charge in [0, 0.05) is 25.9 Å². The minimum Gasteiger partial charge on any atom is -0.175 e. The topological polar surface area (TPSA) is 0 Å². The monoisotopic (exact) mass is 508 g/mol. The van der Waals surface area contributed by atoms with Crippen LogP contribution >= 0.6 is 24.0 Å². The third-order valence-corrected chi connectivity index (χ3v) is 8.76. The van der Waals surface area contributed by atoms with Gasteiger partial charge in [-0.25, -0.2) is 0 Å². The molecular weight excluding hydrogens is 485 g/mol. The maximum Gasteiger partial charge on any atom is 0.0355 e. The van der Waals surface area contributed by atoms with Crippen LogP contribution in [0.5, 0.6) is 0 Å². The zero-order valence-corrected chi connectivity index (χ0v) is 21.9. The largest absolute Gasteiger partial charge is 0.175 e. The second-order valence-corrected chi connectivity index (χ2v) is 10.9. The minimum atomic E-state index is 0.767. The van der Waals surface area contributed by atoms with Crippen molar-refractivity contribution in [2.75, 3.05) is 0 Å². The van der Waals surface area contributed by atoms with Crippen LogP contribution in [0.2, 0.25) is 0 Å². The molecule has 0 fully saturated rings. The summed E-state index contributed by atoms with van der Waals surface area (Å²) in [7, 11) is 0. The Kier molecular flexibility index (Phi) is 5.57. The van der Waals surface area contributed by atoms with Crippen molar-refractivity contribution in [1.29, 1.82) is 0 Å². The van der Waals surface area contributed by atoms with Crippen LogP contribution in [0.25, 0.3) is 64.3 Å². The molecule has 0 spiro atoms. The predicted octanol–water partition coefficient (Wildman–Crippen LogP) is 10.6. The first-order chi connectivity index (χ1) is 18.2. The van der Waals surface area contributed by atoms with Gasteiger partial charge in [0.05, 0.1) is 0 Å². The summed E-state index contributed by atoms with van der Waals surface area (Å²) in [6, 6.07) is 46.6. The zero-order chi connectivity index (χ0) is 24.8. The van der Waals surface area contributed by atoms with Crippen molar-refractivity contribution < 1.29 is 0 Å². The predicted molar refractivity (Wildman–Crippen MR) is 166 cm³/mol. The Morgan fingerprint density at radius 1 is 0.432 bits per heavy atom. The van der Waals surface area contributed by atoms with Gasteiger partial charge in [-0.3, -0.25) is 0 Å². The standard InChI is InChI=1S/C35H24S2/c36-22-23-5-7-24(8-6-23)27-13-15-30-20-28(14-16-29(30)19-27)25-9-11-26(12-10-25)31-17-18-35-33(21-31)32-3-1-2-4-34(32)37-35/h1-21,36H,22H2. The Labute approximate surface area is 226 Å². The van der Waals surface area contributed by atoms with Crippen molar-refractivity contribution >= 4 is 54.9 Å². The maximum atomic E-state index is 4.37. The fourth-order valence-electron chi connectivity index (χ4n) is 5.17. The summed E-state index contributed by atoms with van der Waals surface area (Å²) in [5.74, 6) is 0.767. The molecule has 0 aliphatic heterocycles. The Morgan fingerprint density at radius 2 is 0.919 bits per heavy atom. The van der Waals surface area contributed by atoms with E-state index in [-0.39, 0.29) is 0 Å². The third-order valence-electron chi connectivity index (χ3n) is 7.24. The van der Waals surface area contributed by atoms with Gasteiger partial charge in [0.25, 0.3) is 0 Å². The maximum absolute atomic E-state index is 4.37. The van der Waals surface area contributed by atoms with E-state index in [2.05, 4.69) is 140 Å². The minimum absolute atomic E-state index is 0.767. The normalized spacial score (nSPS) is 11.5. The molecule has 176 valence electrons. The summed E-state index contributed by atoms with van der Waals surface area (Å²) in [6.07, 6.45) is 0. The number of fused-ring (bicyclic) bond motifs is 4. The van der Waals surface area contributed by atoms with Gasteiger partial charge in [-0.15, -0.1) is 11.3 Å². The van der Waals surface area contributed by atoms with Crippen LogP contribution in [-0.2, 0) is 5.75 Å². The van der Waals surface area contributed by atoms with E-state index in [1.54, 1.807) is 0 Å². The summed E-state index contributed by atoms with van der Waals surface area (Å²) in [6.45, 7) is 0. The fourth-order valence-corrected chi connectivity index (χ4v) is 6.47. The molecule has 6 aromatic carbocycles. The van der Waals surface area contributed by atoms with Crippen molar-refractivity contribution in [3.63, 3.8) is 0 Å². The van der Waals surface area contributed by atoms with E-state index in [1.807, 2.05) is 11.3 Å². The van der Waals surface area contributed by atoms with Crippen molar-refractivity contribution in [2.24, 2.45) is 0 Å². The number of thiol groups is 1. The number of rotatable bonds is 4. The molecule has 0 radical (unpaired) electrons. The third kappa shape index (κ3) is 4.13. The van der Waals surface area contributed by atoms with Crippen molar-refractivity contribution in [1.82, 2.24) is 0 Å². The lowest BCUT2D eigenvalue weighted by molar-refractivity contribution is 1.43. The van der Waals surface area contributed by atoms with Crippen molar-refractivity contribution in [3.8, 4) is 33.4 Å². The van der Waals surface area contributed by atoms with E-state index in [1.165, 1.54) is 69.9 Å². The van der Waals surface area contributed by atoms with E-state index in [0.717, 1.165) is 5.75 Å². The quantitative estimate of drug-likeness (QED) is 0.225. The molecule has 7 rings (SSSR count). The van der Waals surface area contributed by atoms with Crippen LogP contribution in [0.1, 0.15) is 5.56 Å². The van der Waals surface area contributed by atoms with Gasteiger partial charge in [-0.2, -0.15) is 12.6 Å². The Bertz CT molecular complexity index is 1890. The van der Waals surface area contributed by atoms with Crippen LogP contribution < -0.4 is 0 Å². The van der Waals surface area contributed by atoms with E-state index in [9.17, 15) is 0 Å². The summed E-state index contributed by atoms with van der Waals surface area (Å²) in [5, 5.41) is 5.20. The van der Waals surface area contributed by atoms with E-state index < -0.39 is 0 Å². The first kappa shape index (κ1) is 22.4. The number of hydrogen-bond donors (Lipinski definition) is 1. The number of benzene rings is 6. The lowest BCUT2D eigenvalue weighted by Gasteiger charge is -2.09. The zero-order valence-electron chi connectivity index (χ0n) is 20.2. The molecule has 0 aliphatic carbocycles. The molecule has 0 N–H and O–H groups in total. The van der Waals surface area contributed by atoms with Crippen LogP contribution in [0, 0.1) is 0 Å². The number of hydrogen-bond acceptors (Lipinski definition) is 2. The summed E-state index contributed by atoms with van der Waals surface area (Å²) < 4.78 is 2.69. The SMILES string of the molecule is SCc1ccc(-c2ccc3cc(-c4ccc(-c5ccc6sc7ccccc7c6c5)cc4)ccc3c2)cc1. The molecule has 0 amide bonds. The number of thiophene rings is 1. The van der Waals surface area contributed by atoms with Crippen LogP contribution in [0.15, 0.2) is 127 Å². The van der Waals surface area contributed by atoms with Gasteiger partial charge in [-0.1, -0.05) is 97.1 Å². The molecule has 0 saturated carbocycles. The molecule has 0 nitrogen and oxygen atoms in total. The lowest BCUT2D eigenvalue weighted by atomic mass is 9.96. The van der Waals surface area contributed by atoms with Crippen molar-refractivity contribution in [3.05, 3.63) is 133 Å². The molecule has 0 atom stereocenters. The smallest absolute Gasteiger partial charge is 0.0355 e. The Balaban J connectivity index is 1.19. The van der Waals surface area contributed by atoms with Gasteiger partial charge < -0.3 is 0 Å². The highest BCUT2D eigenvalue weighted by atomic mass is 32.1. The molecule has 0 bridgehead atoms. The summed E-state index contributed by atoms with van der Waals surface area (Å²) in [4.78, 5) is 0. The summed E-state index contributed by atoms with van der Waals surface area (Å²) >= 11 is 6.23. The average Bonchev–Trinajstić information content (AvgIpc) is 3.35. The molecular formula is C35H24S2. The second kappa shape index (κ2) is 9.23. The molecule has 37 heavy (non-hydrogen) atoms. The molecule has 7 aromatic rings. The van der Waals surface area contributed by atoms with Crippen molar-refractivity contribution in [2.45, 2.75) is 5.75 Å². The van der Waals surface area contributed by atoms with E-state index in [0.29, 0.717) is 0 Å².